The molecule has 1 aromatic heterocycles. The summed E-state index contributed by atoms with van der Waals surface area (Å²) in [5, 5.41) is 5.21. The maximum absolute atomic E-state index is 12.7. The molecule has 0 aliphatic carbocycles. The van der Waals surface area contributed by atoms with Crippen molar-refractivity contribution in [2.24, 2.45) is 5.10 Å². The number of hydrogen-bond acceptors (Lipinski definition) is 5. The molecule has 2 heterocycles. The lowest BCUT2D eigenvalue weighted by atomic mass is 10.2. The first kappa shape index (κ1) is 15.8. The minimum absolute atomic E-state index is 0.246. The Morgan fingerprint density at radius 1 is 1.21 bits per heavy atom. The van der Waals surface area contributed by atoms with Crippen LogP contribution in [0.1, 0.15) is 18.2 Å². The van der Waals surface area contributed by atoms with Crippen LogP contribution in [0.3, 0.4) is 0 Å². The van der Waals surface area contributed by atoms with Crippen molar-refractivity contribution >= 4 is 17.7 Å². The van der Waals surface area contributed by atoms with Crippen LogP contribution in [0.2, 0.25) is 0 Å². The fourth-order valence-corrected chi connectivity index (χ4v) is 2.33. The Labute approximate surface area is 139 Å². The molecule has 7 nitrogen and oxygen atoms in total. The molecule has 1 atom stereocenters. The average Bonchev–Trinajstić information content (AvgIpc) is 3.24. The van der Waals surface area contributed by atoms with E-state index in [2.05, 4.69) is 5.10 Å². The van der Waals surface area contributed by atoms with Gasteiger partial charge in [-0.3, -0.25) is 9.59 Å². The van der Waals surface area contributed by atoms with E-state index in [0.29, 0.717) is 11.3 Å². The van der Waals surface area contributed by atoms with Crippen molar-refractivity contribution in [2.75, 3.05) is 7.05 Å². The van der Waals surface area contributed by atoms with Gasteiger partial charge in [0.2, 0.25) is 11.8 Å². The van der Waals surface area contributed by atoms with E-state index < -0.39 is 6.23 Å². The molecule has 0 saturated carbocycles. The van der Waals surface area contributed by atoms with Crippen LogP contribution in [0.15, 0.2) is 58.2 Å². The third-order valence-electron chi connectivity index (χ3n) is 3.55. The van der Waals surface area contributed by atoms with Crippen LogP contribution in [0.5, 0.6) is 0 Å². The number of nitrogens with zero attached hydrogens (tertiary/aromatic N) is 3. The first-order chi connectivity index (χ1) is 11.6. The lowest BCUT2D eigenvalue weighted by Crippen LogP contribution is -2.45. The summed E-state index contributed by atoms with van der Waals surface area (Å²) >= 11 is 0. The molecule has 124 valence electrons. The van der Waals surface area contributed by atoms with Gasteiger partial charge in [-0.05, 0) is 24.3 Å². The molecule has 0 fully saturated rings. The van der Waals surface area contributed by atoms with Gasteiger partial charge >= 0.3 is 0 Å². The Morgan fingerprint density at radius 2 is 1.96 bits per heavy atom. The molecule has 2 amide bonds. The smallest absolute Gasteiger partial charge is 0.287 e. The van der Waals surface area contributed by atoms with Gasteiger partial charge in [0.25, 0.3) is 12.1 Å². The number of amides is 2. The highest BCUT2D eigenvalue weighted by Crippen LogP contribution is 2.20. The molecule has 0 bridgehead atoms. The van der Waals surface area contributed by atoms with Gasteiger partial charge in [0.1, 0.15) is 5.76 Å². The Bertz CT molecular complexity index is 755. The third kappa shape index (κ3) is 3.15. The highest BCUT2D eigenvalue weighted by atomic mass is 16.5. The maximum Gasteiger partial charge on any atom is 0.287 e. The highest BCUT2D eigenvalue weighted by molar-refractivity contribution is 5.99. The van der Waals surface area contributed by atoms with Crippen LogP contribution in [-0.4, -0.2) is 40.9 Å². The Morgan fingerprint density at radius 3 is 2.58 bits per heavy atom. The number of carbonyl (C=O) groups excluding carboxylic acids is 2. The van der Waals surface area contributed by atoms with E-state index >= 15 is 0 Å². The molecule has 24 heavy (non-hydrogen) atoms. The number of carbonyl (C=O) groups is 2. The molecule has 2 aromatic rings. The van der Waals surface area contributed by atoms with Gasteiger partial charge in [-0.15, -0.1) is 5.10 Å². The minimum Gasteiger partial charge on any atom is -0.467 e. The minimum atomic E-state index is -1.11. The number of hydrazone groups is 1. The van der Waals surface area contributed by atoms with Crippen LogP contribution in [0, 0.1) is 0 Å². The van der Waals surface area contributed by atoms with Crippen molar-refractivity contribution in [2.45, 2.75) is 19.7 Å². The molecule has 0 saturated heterocycles. The number of ether oxygens (including phenoxy) is 1. The molecule has 0 spiro atoms. The van der Waals surface area contributed by atoms with E-state index in [4.69, 9.17) is 9.15 Å². The summed E-state index contributed by atoms with van der Waals surface area (Å²) in [7, 11) is 1.62. The predicted molar refractivity (Wildman–Crippen MR) is 85.6 cm³/mol. The van der Waals surface area contributed by atoms with Crippen LogP contribution in [0.4, 0.5) is 0 Å². The van der Waals surface area contributed by atoms with E-state index in [9.17, 15) is 9.59 Å². The maximum atomic E-state index is 12.7. The van der Waals surface area contributed by atoms with Crippen molar-refractivity contribution in [3.63, 3.8) is 0 Å². The fourth-order valence-electron chi connectivity index (χ4n) is 2.33. The molecule has 0 radical (unpaired) electrons. The molecule has 3 rings (SSSR count). The zero-order valence-electron chi connectivity index (χ0n) is 13.4. The number of likely N-dealkylation sites (N-methyl/N-ethyl adjacent to an activating group) is 1. The molecule has 1 unspecified atom stereocenters. The summed E-state index contributed by atoms with van der Waals surface area (Å²) in [5.41, 5.74) is 0.702. The molecule has 1 aliphatic heterocycles. The average molecular weight is 327 g/mol. The van der Waals surface area contributed by atoms with Gasteiger partial charge in [0.05, 0.1) is 12.8 Å². The Hall–Kier alpha value is -3.09. The van der Waals surface area contributed by atoms with E-state index in [1.807, 2.05) is 18.2 Å². The van der Waals surface area contributed by atoms with Crippen molar-refractivity contribution in [1.82, 2.24) is 9.91 Å². The summed E-state index contributed by atoms with van der Waals surface area (Å²) in [5.74, 6) is 0.139. The van der Waals surface area contributed by atoms with Crippen LogP contribution in [0.25, 0.3) is 0 Å². The fraction of sp³-hybridized carbons (Fsp3) is 0.235. The van der Waals surface area contributed by atoms with Gasteiger partial charge in [-0.2, -0.15) is 5.01 Å². The first-order valence-electron chi connectivity index (χ1n) is 7.44. The quantitative estimate of drug-likeness (QED) is 0.858. The summed E-state index contributed by atoms with van der Waals surface area (Å²) in [6, 6.07) is 12.6. The largest absolute Gasteiger partial charge is 0.467 e. The summed E-state index contributed by atoms with van der Waals surface area (Å²) in [6.45, 7) is 1.62. The molecule has 1 aliphatic rings. The van der Waals surface area contributed by atoms with Gasteiger partial charge in [0, 0.05) is 19.5 Å². The van der Waals surface area contributed by atoms with E-state index in [1.54, 1.807) is 31.3 Å². The highest BCUT2D eigenvalue weighted by Gasteiger charge is 2.39. The van der Waals surface area contributed by atoms with Crippen molar-refractivity contribution < 1.29 is 18.7 Å². The van der Waals surface area contributed by atoms with E-state index in [1.165, 1.54) is 18.1 Å². The lowest BCUT2D eigenvalue weighted by Gasteiger charge is -2.23. The molecule has 0 N–H and O–H groups in total. The van der Waals surface area contributed by atoms with Gasteiger partial charge < -0.3 is 14.1 Å². The zero-order valence-corrected chi connectivity index (χ0v) is 13.4. The van der Waals surface area contributed by atoms with Crippen LogP contribution >= 0.6 is 0 Å². The number of benzene rings is 1. The topological polar surface area (TPSA) is 75.4 Å². The van der Waals surface area contributed by atoms with Crippen molar-refractivity contribution in [3.8, 4) is 0 Å². The van der Waals surface area contributed by atoms with Crippen LogP contribution < -0.4 is 0 Å². The van der Waals surface area contributed by atoms with Gasteiger partial charge in [-0.25, -0.2) is 0 Å². The second-order valence-corrected chi connectivity index (χ2v) is 5.38. The zero-order chi connectivity index (χ0) is 17.1. The predicted octanol–water partition coefficient (Wildman–Crippen LogP) is 1.80. The monoisotopic (exact) mass is 327 g/mol. The van der Waals surface area contributed by atoms with Crippen LogP contribution in [-0.2, 0) is 20.9 Å². The van der Waals surface area contributed by atoms with Gasteiger partial charge in [-0.1, -0.05) is 18.2 Å². The summed E-state index contributed by atoms with van der Waals surface area (Å²) in [6.07, 6.45) is 0.427. The Balaban J connectivity index is 1.77. The first-order valence-corrected chi connectivity index (χ1v) is 7.44. The van der Waals surface area contributed by atoms with E-state index in [0.717, 1.165) is 5.01 Å². The number of furan rings is 1. The standard InChI is InChI=1S/C17H17N3O4/c1-12(21)20-17(16(22)19(2)11-14-9-6-10-23-14)24-15(18-20)13-7-4-3-5-8-13/h3-10,17H,11H2,1-2H3. The summed E-state index contributed by atoms with van der Waals surface area (Å²) < 4.78 is 10.9. The molecular formula is C17H17N3O4. The normalized spacial score (nSPS) is 16.5. The van der Waals surface area contributed by atoms with Crippen molar-refractivity contribution in [3.05, 3.63) is 60.1 Å². The second kappa shape index (κ2) is 6.57. The number of rotatable bonds is 4. The third-order valence-corrected chi connectivity index (χ3v) is 3.55. The van der Waals surface area contributed by atoms with Gasteiger partial charge in [0.15, 0.2) is 0 Å². The SMILES string of the molecule is CC(=O)N1N=C(c2ccccc2)OC1C(=O)N(C)Cc1ccco1. The Kier molecular flexibility index (Phi) is 4.33. The summed E-state index contributed by atoms with van der Waals surface area (Å²) in [4.78, 5) is 25.9. The second-order valence-electron chi connectivity index (χ2n) is 5.38. The molecular weight excluding hydrogens is 310 g/mol. The number of hydrogen-bond donors (Lipinski definition) is 0. The molecule has 1 aromatic carbocycles. The lowest BCUT2D eigenvalue weighted by molar-refractivity contribution is -0.153. The van der Waals surface area contributed by atoms with Crippen molar-refractivity contribution in [1.29, 1.82) is 0 Å². The molecule has 7 heteroatoms. The van der Waals surface area contributed by atoms with E-state index in [-0.39, 0.29) is 24.3 Å².